The number of nitrogens with one attached hydrogen (secondary N) is 1. The number of carbonyl (C=O) groups excluding carboxylic acids is 1. The number of carbonyl (C=O) groups is 1. The number of anilines is 1. The van der Waals surface area contributed by atoms with Gasteiger partial charge in [-0.3, -0.25) is 4.79 Å². The Kier molecular flexibility index (Phi) is 6.90. The molecule has 29 heavy (non-hydrogen) atoms. The lowest BCUT2D eigenvalue weighted by molar-refractivity contribution is -0.111. The lowest BCUT2D eigenvalue weighted by Gasteiger charge is -2.08. The topological polar surface area (TPSA) is 67.8 Å². The molecule has 0 aliphatic heterocycles. The van der Waals surface area contributed by atoms with Crippen LogP contribution in [-0.2, 0) is 11.2 Å². The largest absolute Gasteiger partial charge is 0.504 e. The lowest BCUT2D eigenvalue weighted by atomic mass is 10.2. The number of phenols is 1. The smallest absolute Gasteiger partial charge is 0.248 e. The fourth-order valence-electron chi connectivity index (χ4n) is 2.76. The van der Waals surface area contributed by atoms with E-state index in [1.165, 1.54) is 24.8 Å². The summed E-state index contributed by atoms with van der Waals surface area (Å²) in [5.74, 6) is 0.829. The molecule has 0 heterocycles. The minimum absolute atomic E-state index is 0.0235. The van der Waals surface area contributed by atoms with Gasteiger partial charge in [-0.2, -0.15) is 0 Å². The van der Waals surface area contributed by atoms with Gasteiger partial charge >= 0.3 is 0 Å². The zero-order valence-electron chi connectivity index (χ0n) is 16.2. The zero-order valence-corrected chi connectivity index (χ0v) is 16.2. The average molecular weight is 389 g/mol. The van der Waals surface area contributed by atoms with Crippen molar-refractivity contribution in [3.8, 4) is 17.2 Å². The van der Waals surface area contributed by atoms with E-state index in [4.69, 9.17) is 9.47 Å². The molecule has 0 radical (unpaired) electrons. The number of aromatic hydroxyl groups is 1. The number of benzene rings is 3. The third kappa shape index (κ3) is 6.14. The molecule has 0 aliphatic carbocycles. The highest BCUT2D eigenvalue weighted by Crippen LogP contribution is 2.26. The number of amides is 1. The van der Waals surface area contributed by atoms with Crippen LogP contribution in [0.2, 0.25) is 0 Å². The lowest BCUT2D eigenvalue weighted by Crippen LogP contribution is -2.08. The van der Waals surface area contributed by atoms with Crippen molar-refractivity contribution in [2.75, 3.05) is 19.0 Å². The molecule has 2 N–H and O–H groups in total. The fourth-order valence-corrected chi connectivity index (χ4v) is 2.76. The second kappa shape index (κ2) is 9.99. The quantitative estimate of drug-likeness (QED) is 0.549. The number of hydrogen-bond acceptors (Lipinski definition) is 4. The van der Waals surface area contributed by atoms with Gasteiger partial charge in [-0.25, -0.2) is 0 Å². The third-order valence-corrected chi connectivity index (χ3v) is 4.23. The number of phenolic OH excluding ortho intramolecular Hbond substituents is 1. The maximum absolute atomic E-state index is 12.2. The van der Waals surface area contributed by atoms with Crippen LogP contribution in [0.3, 0.4) is 0 Å². The number of ether oxygens (including phenoxy) is 2. The predicted octanol–water partition coefficient (Wildman–Crippen LogP) is 4.67. The summed E-state index contributed by atoms with van der Waals surface area (Å²) < 4.78 is 10.8. The van der Waals surface area contributed by atoms with Gasteiger partial charge in [-0.05, 0) is 41.5 Å². The molecule has 0 aromatic heterocycles. The summed E-state index contributed by atoms with van der Waals surface area (Å²) in [5.41, 5.74) is 2.55. The van der Waals surface area contributed by atoms with Crippen molar-refractivity contribution in [1.82, 2.24) is 0 Å². The summed E-state index contributed by atoms with van der Waals surface area (Å²) in [6, 6.07) is 22.3. The van der Waals surface area contributed by atoms with E-state index in [-0.39, 0.29) is 11.7 Å². The van der Waals surface area contributed by atoms with Crippen LogP contribution in [0.1, 0.15) is 11.1 Å². The molecule has 0 saturated heterocycles. The van der Waals surface area contributed by atoms with Gasteiger partial charge in [0, 0.05) is 24.3 Å². The summed E-state index contributed by atoms with van der Waals surface area (Å²) in [4.78, 5) is 12.2. The maximum Gasteiger partial charge on any atom is 0.248 e. The molecule has 0 saturated carbocycles. The minimum Gasteiger partial charge on any atom is -0.504 e. The Hall–Kier alpha value is -3.73. The van der Waals surface area contributed by atoms with E-state index < -0.39 is 0 Å². The van der Waals surface area contributed by atoms with E-state index in [1.54, 1.807) is 30.3 Å². The van der Waals surface area contributed by atoms with Gasteiger partial charge in [0.1, 0.15) is 5.75 Å². The molecule has 0 aliphatic rings. The SMILES string of the molecule is COc1ccc(C=CC(=O)Nc2cccc(OCCc3ccccc3)c2)cc1O. The molecule has 1 amide bonds. The number of methoxy groups -OCH3 is 1. The summed E-state index contributed by atoms with van der Waals surface area (Å²) in [6.45, 7) is 0.558. The van der Waals surface area contributed by atoms with Gasteiger partial charge in [0.05, 0.1) is 13.7 Å². The predicted molar refractivity (Wildman–Crippen MR) is 114 cm³/mol. The first kappa shape index (κ1) is 20.0. The highest BCUT2D eigenvalue weighted by molar-refractivity contribution is 6.02. The van der Waals surface area contributed by atoms with Gasteiger partial charge in [0.2, 0.25) is 5.91 Å². The van der Waals surface area contributed by atoms with Crippen LogP contribution in [0.4, 0.5) is 5.69 Å². The van der Waals surface area contributed by atoms with Crippen molar-refractivity contribution in [1.29, 1.82) is 0 Å². The minimum atomic E-state index is -0.276. The van der Waals surface area contributed by atoms with Crippen LogP contribution < -0.4 is 14.8 Å². The van der Waals surface area contributed by atoms with Crippen LogP contribution >= 0.6 is 0 Å². The van der Waals surface area contributed by atoms with E-state index in [9.17, 15) is 9.90 Å². The van der Waals surface area contributed by atoms with Crippen molar-refractivity contribution in [2.45, 2.75) is 6.42 Å². The van der Waals surface area contributed by atoms with Crippen molar-refractivity contribution in [3.63, 3.8) is 0 Å². The second-order valence-corrected chi connectivity index (χ2v) is 6.37. The molecule has 0 atom stereocenters. The van der Waals surface area contributed by atoms with Crippen molar-refractivity contribution in [3.05, 3.63) is 90.0 Å². The van der Waals surface area contributed by atoms with Crippen LogP contribution in [0.25, 0.3) is 6.08 Å². The molecule has 0 spiro atoms. The summed E-state index contributed by atoms with van der Waals surface area (Å²) in [6.07, 6.45) is 3.84. The van der Waals surface area contributed by atoms with E-state index in [0.29, 0.717) is 29.4 Å². The highest BCUT2D eigenvalue weighted by atomic mass is 16.5. The maximum atomic E-state index is 12.2. The summed E-state index contributed by atoms with van der Waals surface area (Å²) >= 11 is 0. The van der Waals surface area contributed by atoms with Gasteiger partial charge in [0.25, 0.3) is 0 Å². The average Bonchev–Trinajstić information content (AvgIpc) is 2.73. The van der Waals surface area contributed by atoms with E-state index in [1.807, 2.05) is 30.3 Å². The molecule has 3 rings (SSSR count). The molecule has 148 valence electrons. The first-order valence-corrected chi connectivity index (χ1v) is 9.27. The normalized spacial score (nSPS) is 10.7. The van der Waals surface area contributed by atoms with Crippen molar-refractivity contribution in [2.24, 2.45) is 0 Å². The molecular formula is C24H23NO4. The second-order valence-electron chi connectivity index (χ2n) is 6.37. The molecule has 3 aromatic rings. The van der Waals surface area contributed by atoms with E-state index in [2.05, 4.69) is 17.4 Å². The Morgan fingerprint density at radius 2 is 1.86 bits per heavy atom. The van der Waals surface area contributed by atoms with Crippen LogP contribution in [0, 0.1) is 0 Å². The Balaban J connectivity index is 1.53. The highest BCUT2D eigenvalue weighted by Gasteiger charge is 2.03. The molecule has 0 bridgehead atoms. The van der Waals surface area contributed by atoms with Crippen LogP contribution in [-0.4, -0.2) is 24.7 Å². The molecular weight excluding hydrogens is 366 g/mol. The Labute approximate surface area is 170 Å². The van der Waals surface area contributed by atoms with Gasteiger partial charge in [-0.15, -0.1) is 0 Å². The Morgan fingerprint density at radius 3 is 2.62 bits per heavy atom. The van der Waals surface area contributed by atoms with Crippen molar-refractivity contribution >= 4 is 17.7 Å². The first-order valence-electron chi connectivity index (χ1n) is 9.27. The Bertz CT molecular complexity index is 983. The van der Waals surface area contributed by atoms with Gasteiger partial charge in [-0.1, -0.05) is 42.5 Å². The number of hydrogen-bond donors (Lipinski definition) is 2. The van der Waals surface area contributed by atoms with E-state index in [0.717, 1.165) is 6.42 Å². The molecule has 5 nitrogen and oxygen atoms in total. The molecule has 0 fully saturated rings. The van der Waals surface area contributed by atoms with Crippen LogP contribution in [0.15, 0.2) is 78.9 Å². The molecule has 0 unspecified atom stereocenters. The van der Waals surface area contributed by atoms with Crippen LogP contribution in [0.5, 0.6) is 17.2 Å². The zero-order chi connectivity index (χ0) is 20.5. The van der Waals surface area contributed by atoms with E-state index >= 15 is 0 Å². The van der Waals surface area contributed by atoms with Gasteiger partial charge < -0.3 is 19.9 Å². The Morgan fingerprint density at radius 1 is 1.03 bits per heavy atom. The first-order chi connectivity index (χ1) is 14.1. The summed E-state index contributed by atoms with van der Waals surface area (Å²) in [5, 5.41) is 12.6. The third-order valence-electron chi connectivity index (χ3n) is 4.23. The van der Waals surface area contributed by atoms with Gasteiger partial charge in [0.15, 0.2) is 11.5 Å². The van der Waals surface area contributed by atoms with Crippen molar-refractivity contribution < 1.29 is 19.4 Å². The standard InChI is InChI=1S/C24H23NO4/c1-28-23-12-10-19(16-22(23)26)11-13-24(27)25-20-8-5-9-21(17-20)29-15-14-18-6-3-2-4-7-18/h2-13,16-17,26H,14-15H2,1H3,(H,25,27). The summed E-state index contributed by atoms with van der Waals surface area (Å²) in [7, 11) is 1.48. The monoisotopic (exact) mass is 389 g/mol. The number of rotatable bonds is 8. The molecule has 3 aromatic carbocycles. The molecule has 5 heteroatoms. The fraction of sp³-hybridized carbons (Fsp3) is 0.125.